The van der Waals surface area contributed by atoms with Gasteiger partial charge < -0.3 is 4.74 Å². The van der Waals surface area contributed by atoms with Gasteiger partial charge in [0.25, 0.3) is 5.56 Å². The van der Waals surface area contributed by atoms with Crippen LogP contribution in [0.2, 0.25) is 0 Å². The van der Waals surface area contributed by atoms with Gasteiger partial charge in [0.2, 0.25) is 0 Å². The minimum atomic E-state index is -0.740. The second kappa shape index (κ2) is 5.57. The van der Waals surface area contributed by atoms with Crippen LogP contribution in [-0.2, 0) is 16.0 Å². The molecule has 0 aliphatic heterocycles. The molecule has 3 heterocycles. The first-order valence-corrected chi connectivity index (χ1v) is 8.13. The molecule has 0 amide bonds. The molecule has 0 fully saturated rings. The summed E-state index contributed by atoms with van der Waals surface area (Å²) in [4.78, 5) is 25.6. The van der Waals surface area contributed by atoms with Gasteiger partial charge in [0.15, 0.2) is 6.04 Å². The molecule has 0 aromatic carbocycles. The van der Waals surface area contributed by atoms with Crippen LogP contribution < -0.4 is 5.56 Å². The fourth-order valence-electron chi connectivity index (χ4n) is 2.52. The van der Waals surface area contributed by atoms with Gasteiger partial charge in [-0.05, 0) is 31.4 Å². The molecule has 7 heteroatoms. The van der Waals surface area contributed by atoms with Gasteiger partial charge in [-0.25, -0.2) is 9.48 Å². The Hall–Kier alpha value is -2.15. The van der Waals surface area contributed by atoms with E-state index in [9.17, 15) is 9.59 Å². The van der Waals surface area contributed by atoms with Crippen molar-refractivity contribution in [3.05, 3.63) is 33.7 Å². The van der Waals surface area contributed by atoms with Crippen LogP contribution in [0.3, 0.4) is 0 Å². The standard InChI is InChI=1S/C15H17N3O3S/c1-4-12-16-18(9(3)15(20)21-5-2)13(19)11-8-10-6-7-22-14(10)17(11)12/h6-9H,4-5H2,1-3H3/t9-/m0/s1. The molecule has 0 radical (unpaired) electrons. The van der Waals surface area contributed by atoms with Crippen molar-refractivity contribution in [2.75, 3.05) is 6.61 Å². The van der Waals surface area contributed by atoms with E-state index in [0.717, 1.165) is 16.0 Å². The Morgan fingerprint density at radius 2 is 2.23 bits per heavy atom. The van der Waals surface area contributed by atoms with Gasteiger partial charge in [0.05, 0.1) is 6.61 Å². The van der Waals surface area contributed by atoms with E-state index in [-0.39, 0.29) is 12.2 Å². The van der Waals surface area contributed by atoms with Gasteiger partial charge in [-0.15, -0.1) is 11.3 Å². The Morgan fingerprint density at radius 3 is 2.91 bits per heavy atom. The van der Waals surface area contributed by atoms with Gasteiger partial charge in [0.1, 0.15) is 16.2 Å². The molecule has 3 aromatic rings. The lowest BCUT2D eigenvalue weighted by Crippen LogP contribution is -2.33. The van der Waals surface area contributed by atoms with Crippen LogP contribution in [0.4, 0.5) is 0 Å². The first-order valence-electron chi connectivity index (χ1n) is 7.25. The molecule has 116 valence electrons. The zero-order valence-electron chi connectivity index (χ0n) is 12.7. The van der Waals surface area contributed by atoms with E-state index in [0.29, 0.717) is 11.9 Å². The van der Waals surface area contributed by atoms with Gasteiger partial charge in [0, 0.05) is 11.8 Å². The lowest BCUT2D eigenvalue weighted by Gasteiger charge is -2.14. The molecule has 0 bridgehead atoms. The first-order chi connectivity index (χ1) is 10.6. The second-order valence-corrected chi connectivity index (χ2v) is 5.89. The van der Waals surface area contributed by atoms with Gasteiger partial charge in [-0.2, -0.15) is 5.10 Å². The van der Waals surface area contributed by atoms with Crippen molar-refractivity contribution in [1.82, 2.24) is 14.2 Å². The van der Waals surface area contributed by atoms with Crippen molar-refractivity contribution in [1.29, 1.82) is 0 Å². The van der Waals surface area contributed by atoms with Crippen molar-refractivity contribution < 1.29 is 9.53 Å². The number of aryl methyl sites for hydroxylation is 1. The Morgan fingerprint density at radius 1 is 1.45 bits per heavy atom. The summed E-state index contributed by atoms with van der Waals surface area (Å²) in [6.07, 6.45) is 0.661. The maximum atomic E-state index is 12.7. The number of aromatic nitrogens is 3. The third-order valence-electron chi connectivity index (χ3n) is 3.63. The maximum Gasteiger partial charge on any atom is 0.330 e. The minimum Gasteiger partial charge on any atom is -0.464 e. The Kier molecular flexibility index (Phi) is 3.74. The number of fused-ring (bicyclic) bond motifs is 3. The molecule has 0 spiro atoms. The molecule has 0 N–H and O–H groups in total. The number of hydrogen-bond donors (Lipinski definition) is 0. The third-order valence-corrected chi connectivity index (χ3v) is 4.54. The number of nitrogens with zero attached hydrogens (tertiary/aromatic N) is 3. The maximum absolute atomic E-state index is 12.7. The van der Waals surface area contributed by atoms with Crippen LogP contribution in [0.15, 0.2) is 22.3 Å². The van der Waals surface area contributed by atoms with E-state index >= 15 is 0 Å². The highest BCUT2D eigenvalue weighted by atomic mass is 32.1. The molecule has 3 rings (SSSR count). The Labute approximate surface area is 130 Å². The van der Waals surface area contributed by atoms with Gasteiger partial charge in [-0.1, -0.05) is 6.92 Å². The fourth-order valence-corrected chi connectivity index (χ4v) is 3.44. The van der Waals surface area contributed by atoms with Crippen LogP contribution in [-0.4, -0.2) is 26.8 Å². The summed E-state index contributed by atoms with van der Waals surface area (Å²) in [6.45, 7) is 5.63. The molecule has 0 saturated carbocycles. The van der Waals surface area contributed by atoms with Crippen molar-refractivity contribution >= 4 is 33.0 Å². The normalized spacial score (nSPS) is 12.9. The topological polar surface area (TPSA) is 65.6 Å². The summed E-state index contributed by atoms with van der Waals surface area (Å²) in [7, 11) is 0. The van der Waals surface area contributed by atoms with Gasteiger partial charge >= 0.3 is 5.97 Å². The summed E-state index contributed by atoms with van der Waals surface area (Å²) >= 11 is 1.57. The predicted molar refractivity (Wildman–Crippen MR) is 85.6 cm³/mol. The van der Waals surface area contributed by atoms with Crippen molar-refractivity contribution in [2.24, 2.45) is 0 Å². The average Bonchev–Trinajstić information content (AvgIpc) is 3.09. The zero-order valence-corrected chi connectivity index (χ0v) is 13.5. The van der Waals surface area contributed by atoms with Crippen LogP contribution in [0.5, 0.6) is 0 Å². The van der Waals surface area contributed by atoms with Crippen LogP contribution in [0, 0.1) is 0 Å². The summed E-state index contributed by atoms with van der Waals surface area (Å²) in [6, 6.07) is 3.09. The summed E-state index contributed by atoms with van der Waals surface area (Å²) in [5, 5.41) is 7.40. The molecular weight excluding hydrogens is 302 g/mol. The molecule has 1 atom stereocenters. The highest BCUT2D eigenvalue weighted by Gasteiger charge is 2.22. The van der Waals surface area contributed by atoms with E-state index in [1.165, 1.54) is 4.68 Å². The quantitative estimate of drug-likeness (QED) is 0.693. The minimum absolute atomic E-state index is 0.277. The molecule has 22 heavy (non-hydrogen) atoms. The molecule has 6 nitrogen and oxygen atoms in total. The number of hydrogen-bond acceptors (Lipinski definition) is 5. The monoisotopic (exact) mass is 319 g/mol. The number of thiophene rings is 1. The average molecular weight is 319 g/mol. The SMILES string of the molecule is CCOC(=O)[C@H](C)n1nc(CC)n2c(cc3ccsc32)c1=O. The van der Waals surface area contributed by atoms with Crippen molar-refractivity contribution in [3.8, 4) is 0 Å². The summed E-state index contributed by atoms with van der Waals surface area (Å²) in [5.74, 6) is 0.306. The molecule has 0 saturated heterocycles. The number of carbonyl (C=O) groups is 1. The second-order valence-electron chi connectivity index (χ2n) is 4.99. The van der Waals surface area contributed by atoms with Crippen LogP contribution in [0.1, 0.15) is 32.6 Å². The number of ether oxygens (including phenoxy) is 1. The zero-order chi connectivity index (χ0) is 15.9. The number of rotatable bonds is 4. The van der Waals surface area contributed by atoms with E-state index in [4.69, 9.17) is 4.74 Å². The summed E-state index contributed by atoms with van der Waals surface area (Å²) in [5.41, 5.74) is 0.269. The third kappa shape index (κ3) is 2.12. The predicted octanol–water partition coefficient (Wildman–Crippen LogP) is 2.40. The molecule has 3 aromatic heterocycles. The number of esters is 1. The van der Waals surface area contributed by atoms with E-state index in [2.05, 4.69) is 5.10 Å². The number of carbonyl (C=O) groups excluding carboxylic acids is 1. The molecular formula is C15H17N3O3S. The molecule has 0 unspecified atom stereocenters. The highest BCUT2D eigenvalue weighted by Crippen LogP contribution is 2.25. The Balaban J connectivity index is 2.26. The highest BCUT2D eigenvalue weighted by molar-refractivity contribution is 7.16. The summed E-state index contributed by atoms with van der Waals surface area (Å²) < 4.78 is 8.12. The Bertz CT molecular complexity index is 906. The lowest BCUT2D eigenvalue weighted by atomic mass is 10.3. The van der Waals surface area contributed by atoms with E-state index < -0.39 is 12.0 Å². The van der Waals surface area contributed by atoms with Gasteiger partial charge in [-0.3, -0.25) is 9.20 Å². The lowest BCUT2D eigenvalue weighted by molar-refractivity contribution is -0.147. The smallest absolute Gasteiger partial charge is 0.330 e. The van der Waals surface area contributed by atoms with Crippen LogP contribution >= 0.6 is 11.3 Å². The van der Waals surface area contributed by atoms with Crippen molar-refractivity contribution in [3.63, 3.8) is 0 Å². The van der Waals surface area contributed by atoms with Crippen LogP contribution in [0.25, 0.3) is 15.7 Å². The fraction of sp³-hybridized carbons (Fsp3) is 0.400. The van der Waals surface area contributed by atoms with E-state index in [1.54, 1.807) is 25.2 Å². The first kappa shape index (κ1) is 14.8. The largest absolute Gasteiger partial charge is 0.464 e. The molecule has 0 aliphatic rings. The van der Waals surface area contributed by atoms with E-state index in [1.807, 2.05) is 28.8 Å². The van der Waals surface area contributed by atoms with Crippen molar-refractivity contribution in [2.45, 2.75) is 33.2 Å². The molecule has 0 aliphatic carbocycles.